The largest absolute Gasteiger partial charge is 0.492 e. The summed E-state index contributed by atoms with van der Waals surface area (Å²) in [5.41, 5.74) is 3.25. The molecule has 0 aromatic heterocycles. The Morgan fingerprint density at radius 1 is 1.00 bits per heavy atom. The van der Waals surface area contributed by atoms with Crippen molar-refractivity contribution in [1.29, 1.82) is 0 Å². The summed E-state index contributed by atoms with van der Waals surface area (Å²) < 4.78 is 45.3. The third kappa shape index (κ3) is 6.79. The number of benzene rings is 3. The number of aryl methyl sites for hydroxylation is 2. The van der Waals surface area contributed by atoms with Crippen LogP contribution in [0.4, 0.5) is 10.1 Å². The van der Waals surface area contributed by atoms with Crippen LogP contribution in [0.1, 0.15) is 27.0 Å². The smallest absolute Gasteiger partial charge is 0.251 e. The van der Waals surface area contributed by atoms with Crippen molar-refractivity contribution in [3.63, 3.8) is 0 Å². The Labute approximate surface area is 194 Å². The highest BCUT2D eigenvalue weighted by molar-refractivity contribution is 7.92. The Balaban J connectivity index is 1.58. The fraction of sp³-hybridized carbons (Fsp3) is 0.240. The Morgan fingerprint density at radius 2 is 1.64 bits per heavy atom. The Bertz CT molecular complexity index is 1210. The van der Waals surface area contributed by atoms with E-state index in [0.29, 0.717) is 24.3 Å². The lowest BCUT2D eigenvalue weighted by atomic mass is 10.1. The van der Waals surface area contributed by atoms with Gasteiger partial charge in [0.1, 0.15) is 18.2 Å². The molecule has 0 aliphatic rings. The number of hydrogen-bond acceptors (Lipinski definition) is 4. The number of sulfonamides is 1. The molecular weight excluding hydrogens is 443 g/mol. The second kappa shape index (κ2) is 10.5. The van der Waals surface area contributed by atoms with Crippen LogP contribution in [-0.4, -0.2) is 33.7 Å². The van der Waals surface area contributed by atoms with Gasteiger partial charge >= 0.3 is 0 Å². The van der Waals surface area contributed by atoms with Crippen molar-refractivity contribution in [3.8, 4) is 5.75 Å². The molecule has 1 N–H and O–H groups in total. The van der Waals surface area contributed by atoms with Gasteiger partial charge in [0.2, 0.25) is 10.0 Å². The molecular formula is C25H27FN2O4S. The quantitative estimate of drug-likeness (QED) is 0.475. The van der Waals surface area contributed by atoms with Gasteiger partial charge in [-0.1, -0.05) is 30.3 Å². The van der Waals surface area contributed by atoms with Crippen molar-refractivity contribution in [2.45, 2.75) is 20.4 Å². The maximum Gasteiger partial charge on any atom is 0.251 e. The van der Waals surface area contributed by atoms with Gasteiger partial charge in [-0.25, -0.2) is 12.8 Å². The molecule has 0 saturated carbocycles. The summed E-state index contributed by atoms with van der Waals surface area (Å²) in [6, 6.07) is 18.2. The van der Waals surface area contributed by atoms with Crippen molar-refractivity contribution >= 4 is 21.6 Å². The minimum Gasteiger partial charge on any atom is -0.492 e. The monoisotopic (exact) mass is 470 g/mol. The average Bonchev–Trinajstić information content (AvgIpc) is 2.74. The van der Waals surface area contributed by atoms with Crippen LogP contribution in [0.15, 0.2) is 66.7 Å². The number of carbonyl (C=O) groups is 1. The van der Waals surface area contributed by atoms with Crippen molar-refractivity contribution in [3.05, 3.63) is 94.8 Å². The molecule has 0 bridgehead atoms. The van der Waals surface area contributed by atoms with Crippen LogP contribution in [0.5, 0.6) is 5.75 Å². The molecule has 0 radical (unpaired) electrons. The Morgan fingerprint density at radius 3 is 2.24 bits per heavy atom. The zero-order valence-electron chi connectivity index (χ0n) is 18.8. The van der Waals surface area contributed by atoms with E-state index < -0.39 is 15.8 Å². The molecule has 0 fully saturated rings. The first-order chi connectivity index (χ1) is 15.6. The van der Waals surface area contributed by atoms with E-state index >= 15 is 0 Å². The summed E-state index contributed by atoms with van der Waals surface area (Å²) in [7, 11) is -3.71. The van der Waals surface area contributed by atoms with Gasteiger partial charge in [-0.05, 0) is 66.9 Å². The predicted molar refractivity (Wildman–Crippen MR) is 128 cm³/mol. The SMILES string of the molecule is Cc1cc(C)cc(OCCNC(=O)c2ccc(CN(c3ccccc3F)S(C)(=O)=O)cc2)c1. The first-order valence-corrected chi connectivity index (χ1v) is 12.3. The number of carbonyl (C=O) groups excluding carboxylic acids is 1. The summed E-state index contributed by atoms with van der Waals surface area (Å²) in [5.74, 6) is -0.127. The maximum atomic E-state index is 14.2. The first-order valence-electron chi connectivity index (χ1n) is 10.4. The molecule has 0 heterocycles. The molecule has 0 spiro atoms. The third-order valence-corrected chi connectivity index (χ3v) is 6.04. The van der Waals surface area contributed by atoms with E-state index in [0.717, 1.165) is 27.4 Å². The van der Waals surface area contributed by atoms with E-state index in [9.17, 15) is 17.6 Å². The highest BCUT2D eigenvalue weighted by atomic mass is 32.2. The number of nitrogens with zero attached hydrogens (tertiary/aromatic N) is 1. The van der Waals surface area contributed by atoms with Crippen LogP contribution < -0.4 is 14.4 Å². The number of ether oxygens (including phenoxy) is 1. The lowest BCUT2D eigenvalue weighted by Crippen LogP contribution is -2.30. The van der Waals surface area contributed by atoms with E-state index in [1.165, 1.54) is 18.2 Å². The number of rotatable bonds is 9. The third-order valence-electron chi connectivity index (χ3n) is 4.92. The van der Waals surface area contributed by atoms with Crippen LogP contribution in [0.2, 0.25) is 0 Å². The second-order valence-corrected chi connectivity index (χ2v) is 9.75. The molecule has 0 unspecified atom stereocenters. The molecule has 0 saturated heterocycles. The second-order valence-electron chi connectivity index (χ2n) is 7.85. The van der Waals surface area contributed by atoms with Gasteiger partial charge < -0.3 is 10.1 Å². The molecule has 6 nitrogen and oxygen atoms in total. The molecule has 3 aromatic rings. The van der Waals surface area contributed by atoms with Crippen LogP contribution in [0.25, 0.3) is 0 Å². The summed E-state index contributed by atoms with van der Waals surface area (Å²) in [5, 5.41) is 2.80. The zero-order valence-corrected chi connectivity index (χ0v) is 19.7. The Hall–Kier alpha value is -3.39. The van der Waals surface area contributed by atoms with Gasteiger partial charge in [0.05, 0.1) is 25.0 Å². The molecule has 8 heteroatoms. The minimum atomic E-state index is -3.71. The lowest BCUT2D eigenvalue weighted by Gasteiger charge is -2.23. The number of anilines is 1. The average molecular weight is 471 g/mol. The number of nitrogens with one attached hydrogen (secondary N) is 1. The number of para-hydroxylation sites is 1. The summed E-state index contributed by atoms with van der Waals surface area (Å²) in [6.07, 6.45) is 1.03. The van der Waals surface area contributed by atoms with E-state index in [-0.39, 0.29) is 18.1 Å². The number of amides is 1. The lowest BCUT2D eigenvalue weighted by molar-refractivity contribution is 0.0947. The molecule has 174 valence electrons. The van der Waals surface area contributed by atoms with Crippen molar-refractivity contribution in [1.82, 2.24) is 5.32 Å². The summed E-state index contributed by atoms with van der Waals surface area (Å²) in [4.78, 5) is 12.4. The van der Waals surface area contributed by atoms with Gasteiger partial charge in [0.25, 0.3) is 5.91 Å². The fourth-order valence-electron chi connectivity index (χ4n) is 3.41. The van der Waals surface area contributed by atoms with Crippen molar-refractivity contribution < 1.29 is 22.3 Å². The van der Waals surface area contributed by atoms with Gasteiger partial charge in [0, 0.05) is 5.56 Å². The molecule has 0 atom stereocenters. The van der Waals surface area contributed by atoms with E-state index in [1.54, 1.807) is 30.3 Å². The summed E-state index contributed by atoms with van der Waals surface area (Å²) in [6.45, 7) is 4.61. The highest BCUT2D eigenvalue weighted by Crippen LogP contribution is 2.24. The van der Waals surface area contributed by atoms with Crippen molar-refractivity contribution in [2.75, 3.05) is 23.7 Å². The standard InChI is InChI=1S/C25H27FN2O4S/c1-18-14-19(2)16-22(15-18)32-13-12-27-25(29)21-10-8-20(9-11-21)17-28(33(3,30)31)24-7-5-4-6-23(24)26/h4-11,14-16H,12-13,17H2,1-3H3,(H,27,29). The first kappa shape index (κ1) is 24.3. The number of hydrogen-bond donors (Lipinski definition) is 1. The van der Waals surface area contributed by atoms with E-state index in [4.69, 9.17) is 4.74 Å². The van der Waals surface area contributed by atoms with Gasteiger partial charge in [-0.3, -0.25) is 9.10 Å². The molecule has 3 aromatic carbocycles. The van der Waals surface area contributed by atoms with Gasteiger partial charge in [0.15, 0.2) is 0 Å². The van der Waals surface area contributed by atoms with Crippen LogP contribution >= 0.6 is 0 Å². The highest BCUT2D eigenvalue weighted by Gasteiger charge is 2.21. The van der Waals surface area contributed by atoms with Crippen LogP contribution in [0, 0.1) is 19.7 Å². The van der Waals surface area contributed by atoms with Gasteiger partial charge in [-0.2, -0.15) is 0 Å². The maximum absolute atomic E-state index is 14.2. The molecule has 3 rings (SSSR count). The molecule has 33 heavy (non-hydrogen) atoms. The van der Waals surface area contributed by atoms with Gasteiger partial charge in [-0.15, -0.1) is 0 Å². The van der Waals surface area contributed by atoms with Crippen LogP contribution in [0.3, 0.4) is 0 Å². The zero-order chi connectivity index (χ0) is 24.0. The topological polar surface area (TPSA) is 75.7 Å². The normalized spacial score (nSPS) is 11.2. The molecule has 0 aliphatic carbocycles. The van der Waals surface area contributed by atoms with Crippen LogP contribution in [-0.2, 0) is 16.6 Å². The van der Waals surface area contributed by atoms with E-state index in [1.807, 2.05) is 26.0 Å². The van der Waals surface area contributed by atoms with E-state index in [2.05, 4.69) is 11.4 Å². The molecule has 0 aliphatic heterocycles. The summed E-state index contributed by atoms with van der Waals surface area (Å²) >= 11 is 0. The predicted octanol–water partition coefficient (Wildman–Crippen LogP) is 4.22. The number of halogens is 1. The Kier molecular flexibility index (Phi) is 7.71. The molecule has 1 amide bonds. The van der Waals surface area contributed by atoms with Crippen molar-refractivity contribution in [2.24, 2.45) is 0 Å². The fourth-order valence-corrected chi connectivity index (χ4v) is 4.30. The minimum absolute atomic E-state index is 0.0226.